The third kappa shape index (κ3) is 7.89. The van der Waals surface area contributed by atoms with Gasteiger partial charge in [-0.05, 0) is 79.1 Å². The molecule has 1 heterocycles. The minimum atomic E-state index is -3.73. The first-order valence-corrected chi connectivity index (χ1v) is 16.7. The summed E-state index contributed by atoms with van der Waals surface area (Å²) in [5.74, 6) is -2.81. The molecule has 10 nitrogen and oxygen atoms in total. The Morgan fingerprint density at radius 3 is 2.11 bits per heavy atom. The number of halogens is 2. The first-order chi connectivity index (χ1) is 22.0. The molecule has 0 aromatic heterocycles. The number of aliphatic hydroxyl groups excluding tert-OH is 1. The van der Waals surface area contributed by atoms with Crippen LogP contribution in [0.15, 0.2) is 83.8 Å². The van der Waals surface area contributed by atoms with Crippen LogP contribution >= 0.6 is 0 Å². The monoisotopic (exact) mass is 656 g/mol. The van der Waals surface area contributed by atoms with Crippen LogP contribution in [0.5, 0.6) is 0 Å². The van der Waals surface area contributed by atoms with Crippen molar-refractivity contribution in [3.63, 3.8) is 0 Å². The van der Waals surface area contributed by atoms with Crippen molar-refractivity contribution in [1.82, 2.24) is 20.3 Å². The molecule has 5 rings (SSSR count). The second-order valence-corrected chi connectivity index (χ2v) is 13.8. The van der Waals surface area contributed by atoms with E-state index < -0.39 is 57.8 Å². The Kier molecular flexibility index (Phi) is 10.7. The minimum Gasteiger partial charge on any atom is -0.465 e. The summed E-state index contributed by atoms with van der Waals surface area (Å²) < 4.78 is 56.0. The molecule has 1 aliphatic heterocycles. The summed E-state index contributed by atoms with van der Waals surface area (Å²) in [5.41, 5.74) is 0.879. The average molecular weight is 657 g/mol. The zero-order valence-corrected chi connectivity index (χ0v) is 25.9. The van der Waals surface area contributed by atoms with Crippen LogP contribution in [-0.4, -0.2) is 78.8 Å². The lowest BCUT2D eigenvalue weighted by atomic mass is 9.84. The maximum Gasteiger partial charge on any atom is 0.405 e. The van der Waals surface area contributed by atoms with Crippen LogP contribution in [0.3, 0.4) is 0 Å². The Hall–Kier alpha value is -3.91. The lowest BCUT2D eigenvalue weighted by Gasteiger charge is -2.36. The van der Waals surface area contributed by atoms with Gasteiger partial charge in [-0.1, -0.05) is 42.5 Å². The van der Waals surface area contributed by atoms with Gasteiger partial charge in [0, 0.05) is 37.6 Å². The molecule has 0 radical (unpaired) electrons. The summed E-state index contributed by atoms with van der Waals surface area (Å²) in [4.78, 5) is 26.0. The van der Waals surface area contributed by atoms with Gasteiger partial charge in [-0.15, -0.1) is 0 Å². The van der Waals surface area contributed by atoms with E-state index >= 15 is 0 Å². The molecule has 2 fully saturated rings. The minimum absolute atomic E-state index is 0.206. The molecule has 3 unspecified atom stereocenters. The molecule has 1 aliphatic carbocycles. The van der Waals surface area contributed by atoms with Gasteiger partial charge in [0.1, 0.15) is 17.7 Å². The summed E-state index contributed by atoms with van der Waals surface area (Å²) in [7, 11) is -3.73. The Morgan fingerprint density at radius 2 is 1.52 bits per heavy atom. The van der Waals surface area contributed by atoms with Crippen molar-refractivity contribution in [2.45, 2.75) is 60.7 Å². The molecule has 3 aromatic rings. The van der Waals surface area contributed by atoms with E-state index in [9.17, 15) is 37.0 Å². The van der Waals surface area contributed by atoms with Crippen LogP contribution < -0.4 is 16.0 Å². The third-order valence-electron chi connectivity index (χ3n) is 8.87. The van der Waals surface area contributed by atoms with Crippen LogP contribution in [0.2, 0.25) is 0 Å². The number of nitrogens with zero attached hydrogens (tertiary/aromatic N) is 1. The van der Waals surface area contributed by atoms with Crippen molar-refractivity contribution in [1.29, 1.82) is 0 Å². The normalized spacial score (nSPS) is 22.8. The van der Waals surface area contributed by atoms with Gasteiger partial charge in [0.05, 0.1) is 11.0 Å². The predicted molar refractivity (Wildman–Crippen MR) is 166 cm³/mol. The summed E-state index contributed by atoms with van der Waals surface area (Å²) in [5, 5.41) is 28.8. The van der Waals surface area contributed by atoms with E-state index in [2.05, 4.69) is 16.0 Å². The molecule has 3 aromatic carbocycles. The van der Waals surface area contributed by atoms with Crippen LogP contribution in [0, 0.1) is 17.6 Å². The van der Waals surface area contributed by atoms with Gasteiger partial charge in [0.15, 0.2) is 0 Å². The van der Waals surface area contributed by atoms with Crippen molar-refractivity contribution < 1.29 is 37.0 Å². The number of carbonyl (C=O) groups excluding carboxylic acids is 1. The fourth-order valence-corrected chi connectivity index (χ4v) is 8.33. The van der Waals surface area contributed by atoms with E-state index in [-0.39, 0.29) is 23.3 Å². The van der Waals surface area contributed by atoms with E-state index in [4.69, 9.17) is 0 Å². The van der Waals surface area contributed by atoms with Crippen LogP contribution in [0.4, 0.5) is 13.6 Å². The molecule has 0 bridgehead atoms. The summed E-state index contributed by atoms with van der Waals surface area (Å²) in [6.45, 7) is 1.29. The number of hydrogen-bond donors (Lipinski definition) is 5. The Bertz CT molecular complexity index is 1550. The Labute approximate surface area is 266 Å². The molecule has 46 heavy (non-hydrogen) atoms. The number of rotatable bonds is 11. The van der Waals surface area contributed by atoms with E-state index in [0.29, 0.717) is 50.0 Å². The molecule has 5 atom stereocenters. The molecule has 2 amide bonds. The molecule has 1 saturated carbocycles. The predicted octanol–water partition coefficient (Wildman–Crippen LogP) is 3.43. The average Bonchev–Trinajstić information content (AvgIpc) is 3.39. The zero-order chi connectivity index (χ0) is 32.8. The van der Waals surface area contributed by atoms with Crippen LogP contribution in [-0.2, 0) is 14.8 Å². The van der Waals surface area contributed by atoms with Crippen molar-refractivity contribution in [3.8, 4) is 0 Å². The number of carbonyl (C=O) groups is 2. The summed E-state index contributed by atoms with van der Waals surface area (Å²) in [6, 6.07) is 16.6. The summed E-state index contributed by atoms with van der Waals surface area (Å²) >= 11 is 0. The number of sulfonamides is 1. The van der Waals surface area contributed by atoms with Gasteiger partial charge < -0.3 is 26.2 Å². The standard InChI is InChI=1S/C33H38F2N4O6S/c34-24-11-6-21(7-12-24)30(22-8-13-25(35)14-9-22)31(38-33(42)43)32(41)37-29-19-27(40)18-23(29)10-15-26-20-36-16-17-39(26)46(44,45)28-4-2-1-3-5-28/h1-9,11-14,23,26-27,29-31,36,38,40H,10,15-20H2,(H,37,41)(H,42,43)/t23?,26-,27?,29?,31+/m0/s1. The van der Waals surface area contributed by atoms with Gasteiger partial charge in [0.25, 0.3) is 0 Å². The largest absolute Gasteiger partial charge is 0.465 e. The topological polar surface area (TPSA) is 148 Å². The Morgan fingerprint density at radius 1 is 0.913 bits per heavy atom. The van der Waals surface area contributed by atoms with Crippen LogP contribution in [0.25, 0.3) is 0 Å². The smallest absolute Gasteiger partial charge is 0.405 e. The van der Waals surface area contributed by atoms with Crippen molar-refractivity contribution >= 4 is 22.0 Å². The number of piperazine rings is 1. The summed E-state index contributed by atoms with van der Waals surface area (Å²) in [6.07, 6.45) is -0.559. The van der Waals surface area contributed by atoms with Crippen molar-refractivity contribution in [2.75, 3.05) is 19.6 Å². The molecule has 246 valence electrons. The van der Waals surface area contributed by atoms with Gasteiger partial charge >= 0.3 is 6.09 Å². The highest BCUT2D eigenvalue weighted by molar-refractivity contribution is 7.89. The first-order valence-electron chi connectivity index (χ1n) is 15.3. The van der Waals surface area contributed by atoms with Crippen molar-refractivity contribution in [3.05, 3.63) is 102 Å². The second-order valence-electron chi connectivity index (χ2n) is 11.9. The molecular formula is C33H38F2N4O6S. The van der Waals surface area contributed by atoms with Crippen molar-refractivity contribution in [2.24, 2.45) is 5.92 Å². The van der Waals surface area contributed by atoms with Gasteiger partial charge in [-0.3, -0.25) is 4.79 Å². The van der Waals surface area contributed by atoms with E-state index in [0.717, 1.165) is 0 Å². The quantitative estimate of drug-likeness (QED) is 0.213. The molecule has 1 saturated heterocycles. The number of hydrogen-bond acceptors (Lipinski definition) is 6. The Balaban J connectivity index is 1.34. The third-order valence-corrected chi connectivity index (χ3v) is 10.8. The number of carboxylic acid groups (broad SMARTS) is 1. The second kappa shape index (κ2) is 14.7. The highest BCUT2D eigenvalue weighted by atomic mass is 32.2. The molecule has 0 spiro atoms. The maximum atomic E-state index is 13.9. The number of benzene rings is 3. The van der Waals surface area contributed by atoms with E-state index in [1.165, 1.54) is 52.8 Å². The lowest BCUT2D eigenvalue weighted by molar-refractivity contribution is -0.124. The number of aliphatic hydroxyl groups is 1. The molecule has 13 heteroatoms. The molecular weight excluding hydrogens is 618 g/mol. The molecule has 2 aliphatic rings. The lowest BCUT2D eigenvalue weighted by Crippen LogP contribution is -2.54. The van der Waals surface area contributed by atoms with E-state index in [1.54, 1.807) is 30.3 Å². The molecule has 5 N–H and O–H groups in total. The van der Waals surface area contributed by atoms with Crippen LogP contribution in [0.1, 0.15) is 42.7 Å². The maximum absolute atomic E-state index is 13.9. The fraction of sp³-hybridized carbons (Fsp3) is 0.394. The fourth-order valence-electron chi connectivity index (χ4n) is 6.65. The first kappa shape index (κ1) is 33.5. The number of amides is 2. The highest BCUT2D eigenvalue weighted by Gasteiger charge is 2.40. The van der Waals surface area contributed by atoms with Gasteiger partial charge in [-0.2, -0.15) is 4.31 Å². The SMILES string of the molecule is O=C(O)N[C@@H](C(=O)NC1CC(O)CC1CC[C@H]1CNCCN1S(=O)(=O)c1ccccc1)C(c1ccc(F)cc1)c1ccc(F)cc1. The van der Waals surface area contributed by atoms with Gasteiger partial charge in [0.2, 0.25) is 15.9 Å². The zero-order valence-electron chi connectivity index (χ0n) is 25.1. The van der Waals surface area contributed by atoms with Gasteiger partial charge in [-0.25, -0.2) is 22.0 Å². The highest BCUT2D eigenvalue weighted by Crippen LogP contribution is 2.34. The van der Waals surface area contributed by atoms with E-state index in [1.807, 2.05) is 0 Å². The number of nitrogens with one attached hydrogen (secondary N) is 3.